The quantitative estimate of drug-likeness (QED) is 0.807. The largest absolute Gasteiger partial charge is 0.393 e. The molecule has 2 nitrogen and oxygen atoms in total. The van der Waals surface area contributed by atoms with E-state index in [2.05, 4.69) is 4.98 Å². The Bertz CT molecular complexity index is 240. The lowest BCUT2D eigenvalue weighted by Gasteiger charge is -2.03. The second-order valence-electron chi connectivity index (χ2n) is 2.49. The van der Waals surface area contributed by atoms with Crippen molar-refractivity contribution in [3.63, 3.8) is 0 Å². The van der Waals surface area contributed by atoms with Crippen LogP contribution in [0.15, 0.2) is 18.3 Å². The van der Waals surface area contributed by atoms with Gasteiger partial charge in [-0.2, -0.15) is 0 Å². The lowest BCUT2D eigenvalue weighted by molar-refractivity contribution is 0.194. The Labute approximate surface area is 83.0 Å². The van der Waals surface area contributed by atoms with Crippen molar-refractivity contribution in [3.8, 4) is 0 Å². The molecule has 0 aliphatic heterocycles. The zero-order chi connectivity index (χ0) is 8.27. The van der Waals surface area contributed by atoms with Crippen molar-refractivity contribution in [1.82, 2.24) is 4.98 Å². The summed E-state index contributed by atoms with van der Waals surface area (Å²) >= 11 is 5.79. The Morgan fingerprint density at radius 2 is 2.33 bits per heavy atom. The van der Waals surface area contributed by atoms with Crippen LogP contribution in [0.1, 0.15) is 12.6 Å². The predicted molar refractivity (Wildman–Crippen MR) is 51.9 cm³/mol. The predicted octanol–water partition coefficient (Wildman–Crippen LogP) is 2.08. The maximum Gasteiger partial charge on any atom is 0.0622 e. The van der Waals surface area contributed by atoms with Gasteiger partial charge in [0.15, 0.2) is 0 Å². The van der Waals surface area contributed by atoms with Gasteiger partial charge < -0.3 is 5.11 Å². The standard InChI is InChI=1S/C8H10ClNO.ClH/c1-6(11)5-8-7(9)3-2-4-10-8;/h2-4,6,11H,5H2,1H3;1H. The van der Waals surface area contributed by atoms with Crippen LogP contribution in [0.3, 0.4) is 0 Å². The van der Waals surface area contributed by atoms with Crippen LogP contribution in [0.5, 0.6) is 0 Å². The van der Waals surface area contributed by atoms with Gasteiger partial charge in [0, 0.05) is 12.6 Å². The number of nitrogens with zero attached hydrogens (tertiary/aromatic N) is 1. The zero-order valence-corrected chi connectivity index (χ0v) is 8.27. The van der Waals surface area contributed by atoms with E-state index in [1.165, 1.54) is 0 Å². The third kappa shape index (κ3) is 3.39. The monoisotopic (exact) mass is 207 g/mol. The molecule has 0 radical (unpaired) electrons. The molecule has 0 aliphatic carbocycles. The fraction of sp³-hybridized carbons (Fsp3) is 0.375. The Kier molecular flexibility index (Phi) is 5.22. The van der Waals surface area contributed by atoms with Crippen LogP contribution in [0.25, 0.3) is 0 Å². The van der Waals surface area contributed by atoms with Crippen molar-refractivity contribution in [2.45, 2.75) is 19.4 Å². The molecule has 0 bridgehead atoms. The van der Waals surface area contributed by atoms with Crippen molar-refractivity contribution < 1.29 is 5.11 Å². The first-order chi connectivity index (χ1) is 5.20. The summed E-state index contributed by atoms with van der Waals surface area (Å²) in [7, 11) is 0. The number of aliphatic hydroxyl groups is 1. The Morgan fingerprint density at radius 1 is 1.67 bits per heavy atom. The first-order valence-electron chi connectivity index (χ1n) is 3.47. The maximum absolute atomic E-state index is 9.03. The molecule has 1 aromatic heterocycles. The number of aliphatic hydroxyl groups excluding tert-OH is 1. The number of rotatable bonds is 2. The van der Waals surface area contributed by atoms with Crippen molar-refractivity contribution in [1.29, 1.82) is 0 Å². The van der Waals surface area contributed by atoms with E-state index in [1.54, 1.807) is 25.3 Å². The van der Waals surface area contributed by atoms with Gasteiger partial charge in [0.2, 0.25) is 0 Å². The highest BCUT2D eigenvalue weighted by Gasteiger charge is 2.03. The Hall–Kier alpha value is -0.310. The van der Waals surface area contributed by atoms with Crippen molar-refractivity contribution >= 4 is 24.0 Å². The highest BCUT2D eigenvalue weighted by Crippen LogP contribution is 2.13. The summed E-state index contributed by atoms with van der Waals surface area (Å²) in [5.74, 6) is 0. The molecule has 1 heterocycles. The molecule has 0 amide bonds. The lowest BCUT2D eigenvalue weighted by Crippen LogP contribution is -2.05. The van der Waals surface area contributed by atoms with E-state index in [4.69, 9.17) is 16.7 Å². The van der Waals surface area contributed by atoms with E-state index in [0.717, 1.165) is 5.69 Å². The summed E-state index contributed by atoms with van der Waals surface area (Å²) in [6.45, 7) is 1.71. The molecular weight excluding hydrogens is 197 g/mol. The fourth-order valence-electron chi connectivity index (χ4n) is 0.848. The molecule has 1 rings (SSSR count). The number of halogens is 2. The minimum atomic E-state index is -0.387. The molecule has 1 N–H and O–H groups in total. The van der Waals surface area contributed by atoms with Gasteiger partial charge in [-0.15, -0.1) is 12.4 Å². The summed E-state index contributed by atoms with van der Waals surface area (Å²) in [6, 6.07) is 3.54. The SMILES string of the molecule is CC(O)Cc1ncccc1Cl.Cl. The topological polar surface area (TPSA) is 33.1 Å². The molecule has 0 fully saturated rings. The third-order valence-corrected chi connectivity index (χ3v) is 1.67. The van der Waals surface area contributed by atoms with Crippen LogP contribution in [-0.2, 0) is 6.42 Å². The summed E-state index contributed by atoms with van der Waals surface area (Å²) in [5.41, 5.74) is 0.754. The summed E-state index contributed by atoms with van der Waals surface area (Å²) in [4.78, 5) is 4.03. The molecule has 0 aromatic carbocycles. The van der Waals surface area contributed by atoms with E-state index in [-0.39, 0.29) is 18.5 Å². The van der Waals surface area contributed by atoms with E-state index < -0.39 is 0 Å². The highest BCUT2D eigenvalue weighted by molar-refractivity contribution is 6.31. The van der Waals surface area contributed by atoms with Crippen molar-refractivity contribution in [3.05, 3.63) is 29.0 Å². The fourth-order valence-corrected chi connectivity index (χ4v) is 1.05. The summed E-state index contributed by atoms with van der Waals surface area (Å²) in [5, 5.41) is 9.65. The molecule has 0 saturated heterocycles. The van der Waals surface area contributed by atoms with Crippen molar-refractivity contribution in [2.75, 3.05) is 0 Å². The van der Waals surface area contributed by atoms with Crippen LogP contribution in [-0.4, -0.2) is 16.2 Å². The minimum Gasteiger partial charge on any atom is -0.393 e. The molecular formula is C8H11Cl2NO. The molecule has 0 saturated carbocycles. The van der Waals surface area contributed by atoms with Gasteiger partial charge in [-0.05, 0) is 19.1 Å². The first-order valence-corrected chi connectivity index (χ1v) is 3.85. The second kappa shape index (κ2) is 5.36. The maximum atomic E-state index is 9.03. The van der Waals surface area contributed by atoms with E-state index in [1.807, 2.05) is 0 Å². The number of hydrogen-bond acceptors (Lipinski definition) is 2. The van der Waals surface area contributed by atoms with Crippen LogP contribution >= 0.6 is 24.0 Å². The van der Waals surface area contributed by atoms with Gasteiger partial charge in [0.25, 0.3) is 0 Å². The van der Waals surface area contributed by atoms with Gasteiger partial charge in [-0.1, -0.05) is 11.6 Å². The highest BCUT2D eigenvalue weighted by atomic mass is 35.5. The van der Waals surface area contributed by atoms with E-state index >= 15 is 0 Å². The first kappa shape index (κ1) is 11.7. The summed E-state index contributed by atoms with van der Waals surface area (Å²) < 4.78 is 0. The zero-order valence-electron chi connectivity index (χ0n) is 6.70. The summed E-state index contributed by atoms with van der Waals surface area (Å²) in [6.07, 6.45) is 1.80. The second-order valence-corrected chi connectivity index (χ2v) is 2.89. The smallest absolute Gasteiger partial charge is 0.0622 e. The normalized spacial score (nSPS) is 11.9. The van der Waals surface area contributed by atoms with Crippen LogP contribution in [0, 0.1) is 0 Å². The molecule has 12 heavy (non-hydrogen) atoms. The minimum absolute atomic E-state index is 0. The average molecular weight is 208 g/mol. The van der Waals surface area contributed by atoms with Crippen LogP contribution in [0.2, 0.25) is 5.02 Å². The molecule has 0 spiro atoms. The lowest BCUT2D eigenvalue weighted by atomic mass is 10.2. The molecule has 0 aliphatic rings. The van der Waals surface area contributed by atoms with Crippen molar-refractivity contribution in [2.24, 2.45) is 0 Å². The molecule has 4 heteroatoms. The molecule has 68 valence electrons. The third-order valence-electron chi connectivity index (χ3n) is 1.32. The number of aromatic nitrogens is 1. The average Bonchev–Trinajstić information content (AvgIpc) is 1.93. The van der Waals surface area contributed by atoms with Crippen LogP contribution < -0.4 is 0 Å². The molecule has 1 aromatic rings. The van der Waals surface area contributed by atoms with E-state index in [9.17, 15) is 0 Å². The van der Waals surface area contributed by atoms with Gasteiger partial charge in [-0.25, -0.2) is 0 Å². The van der Waals surface area contributed by atoms with E-state index in [0.29, 0.717) is 11.4 Å². The number of pyridine rings is 1. The molecule has 1 unspecified atom stereocenters. The van der Waals surface area contributed by atoms with Crippen LogP contribution in [0.4, 0.5) is 0 Å². The van der Waals surface area contributed by atoms with Gasteiger partial charge in [0.05, 0.1) is 16.8 Å². The van der Waals surface area contributed by atoms with Gasteiger partial charge in [-0.3, -0.25) is 4.98 Å². The Morgan fingerprint density at radius 3 is 2.83 bits per heavy atom. The van der Waals surface area contributed by atoms with Gasteiger partial charge >= 0.3 is 0 Å². The Balaban J connectivity index is 0.00000121. The number of hydrogen-bond donors (Lipinski definition) is 1. The van der Waals surface area contributed by atoms with Gasteiger partial charge in [0.1, 0.15) is 0 Å². The molecule has 1 atom stereocenters.